The van der Waals surface area contributed by atoms with E-state index >= 15 is 0 Å². The van der Waals surface area contributed by atoms with Gasteiger partial charge in [-0.1, -0.05) is 26.0 Å². The number of nitrogens with zero attached hydrogens (tertiary/aromatic N) is 2. The van der Waals surface area contributed by atoms with Crippen molar-refractivity contribution in [1.82, 2.24) is 10.2 Å². The molecule has 0 aliphatic heterocycles. The van der Waals surface area contributed by atoms with Crippen LogP contribution in [0.4, 0.5) is 5.69 Å². The van der Waals surface area contributed by atoms with Crippen LogP contribution in [-0.2, 0) is 6.54 Å². The smallest absolute Gasteiger partial charge is 0.193 e. The first kappa shape index (κ1) is 14.1. The average Bonchev–Trinajstić information content (AvgIpc) is 2.98. The quantitative estimate of drug-likeness (QED) is 0.578. The standard InChI is InChI=1S/C15H21N5/c1-3-11(2)12-4-6-13(7-5-12)19-15(16)17-10-14-8-9-18-20-14/h4-9,11H,3,10H2,1-2H3,(H,18,20)(H3,16,17,19). The Bertz CT molecular complexity index is 542. The van der Waals surface area contributed by atoms with Crippen LogP contribution in [0.3, 0.4) is 0 Å². The predicted octanol–water partition coefficient (Wildman–Crippen LogP) is 2.85. The lowest BCUT2D eigenvalue weighted by Crippen LogP contribution is -2.22. The second kappa shape index (κ2) is 6.75. The molecule has 0 bridgehead atoms. The average molecular weight is 271 g/mol. The number of rotatable bonds is 5. The van der Waals surface area contributed by atoms with Gasteiger partial charge in [-0.15, -0.1) is 0 Å². The molecule has 106 valence electrons. The summed E-state index contributed by atoms with van der Waals surface area (Å²) in [5, 5.41) is 9.79. The number of aromatic nitrogens is 2. The maximum Gasteiger partial charge on any atom is 0.193 e. The molecule has 0 spiro atoms. The van der Waals surface area contributed by atoms with Gasteiger partial charge in [0.2, 0.25) is 0 Å². The highest BCUT2D eigenvalue weighted by atomic mass is 15.1. The fourth-order valence-corrected chi connectivity index (χ4v) is 1.86. The van der Waals surface area contributed by atoms with Crippen molar-refractivity contribution in [3.63, 3.8) is 0 Å². The SMILES string of the molecule is CCC(C)c1ccc(NC(N)=NCc2ccn[nH]2)cc1. The van der Waals surface area contributed by atoms with E-state index in [1.807, 2.05) is 18.2 Å². The highest BCUT2D eigenvalue weighted by Crippen LogP contribution is 2.20. The van der Waals surface area contributed by atoms with E-state index in [9.17, 15) is 0 Å². The van der Waals surface area contributed by atoms with E-state index in [1.54, 1.807) is 6.20 Å². The van der Waals surface area contributed by atoms with Crippen LogP contribution < -0.4 is 11.1 Å². The molecular weight excluding hydrogens is 250 g/mol. The third-order valence-corrected chi connectivity index (χ3v) is 3.34. The van der Waals surface area contributed by atoms with Crippen LogP contribution in [-0.4, -0.2) is 16.2 Å². The van der Waals surface area contributed by atoms with E-state index in [-0.39, 0.29) is 0 Å². The molecule has 0 aliphatic carbocycles. The summed E-state index contributed by atoms with van der Waals surface area (Å²) < 4.78 is 0. The number of aromatic amines is 1. The van der Waals surface area contributed by atoms with Crippen LogP contribution in [0.15, 0.2) is 41.5 Å². The Morgan fingerprint density at radius 2 is 2.10 bits per heavy atom. The Hall–Kier alpha value is -2.30. The lowest BCUT2D eigenvalue weighted by Gasteiger charge is -2.10. The van der Waals surface area contributed by atoms with Crippen LogP contribution >= 0.6 is 0 Å². The van der Waals surface area contributed by atoms with Gasteiger partial charge in [-0.05, 0) is 36.1 Å². The van der Waals surface area contributed by atoms with E-state index in [0.717, 1.165) is 17.8 Å². The Balaban J connectivity index is 1.93. The van der Waals surface area contributed by atoms with E-state index < -0.39 is 0 Å². The number of hydrogen-bond acceptors (Lipinski definition) is 2. The minimum absolute atomic E-state index is 0.399. The zero-order chi connectivity index (χ0) is 14.4. The van der Waals surface area contributed by atoms with Gasteiger partial charge < -0.3 is 11.1 Å². The van der Waals surface area contributed by atoms with Crippen LogP contribution in [0.25, 0.3) is 0 Å². The number of benzene rings is 1. The predicted molar refractivity (Wildman–Crippen MR) is 82.7 cm³/mol. The summed E-state index contributed by atoms with van der Waals surface area (Å²) >= 11 is 0. The first-order valence-corrected chi connectivity index (χ1v) is 6.84. The molecule has 4 N–H and O–H groups in total. The van der Waals surface area contributed by atoms with Crippen LogP contribution in [0.2, 0.25) is 0 Å². The summed E-state index contributed by atoms with van der Waals surface area (Å²) in [7, 11) is 0. The molecule has 0 aliphatic rings. The maximum atomic E-state index is 5.85. The molecule has 1 heterocycles. The number of H-pyrrole nitrogens is 1. The number of anilines is 1. The van der Waals surface area contributed by atoms with Gasteiger partial charge in [0.1, 0.15) is 0 Å². The molecule has 0 saturated heterocycles. The van der Waals surface area contributed by atoms with Gasteiger partial charge in [0.15, 0.2) is 5.96 Å². The molecule has 0 saturated carbocycles. The zero-order valence-electron chi connectivity index (χ0n) is 11.9. The van der Waals surface area contributed by atoms with Crippen molar-refractivity contribution in [3.05, 3.63) is 47.8 Å². The van der Waals surface area contributed by atoms with Gasteiger partial charge in [-0.25, -0.2) is 4.99 Å². The molecule has 5 heteroatoms. The molecule has 5 nitrogen and oxygen atoms in total. The van der Waals surface area contributed by atoms with Crippen molar-refractivity contribution >= 4 is 11.6 Å². The van der Waals surface area contributed by atoms with Crippen LogP contribution in [0.1, 0.15) is 37.4 Å². The van der Waals surface area contributed by atoms with Crippen molar-refractivity contribution in [1.29, 1.82) is 0 Å². The molecule has 0 amide bonds. The minimum atomic E-state index is 0.399. The van der Waals surface area contributed by atoms with Crippen LogP contribution in [0.5, 0.6) is 0 Å². The lowest BCUT2D eigenvalue weighted by molar-refractivity contribution is 0.734. The number of nitrogens with two attached hydrogens (primary N) is 1. The molecular formula is C15H21N5. The van der Waals surface area contributed by atoms with E-state index in [2.05, 4.69) is 46.5 Å². The van der Waals surface area contributed by atoms with Crippen molar-refractivity contribution in [2.24, 2.45) is 10.7 Å². The van der Waals surface area contributed by atoms with Crippen molar-refractivity contribution in [2.75, 3.05) is 5.32 Å². The number of hydrogen-bond donors (Lipinski definition) is 3. The fourth-order valence-electron chi connectivity index (χ4n) is 1.86. The Morgan fingerprint density at radius 1 is 1.35 bits per heavy atom. The molecule has 1 aromatic heterocycles. The van der Waals surface area contributed by atoms with Gasteiger partial charge >= 0.3 is 0 Å². The summed E-state index contributed by atoms with van der Waals surface area (Å²) in [5.41, 5.74) is 9.07. The first-order valence-electron chi connectivity index (χ1n) is 6.84. The Morgan fingerprint density at radius 3 is 2.70 bits per heavy atom. The number of aliphatic imine (C=N–C) groups is 1. The molecule has 1 aromatic carbocycles. The van der Waals surface area contributed by atoms with Gasteiger partial charge in [0.05, 0.1) is 12.2 Å². The van der Waals surface area contributed by atoms with Gasteiger partial charge in [-0.2, -0.15) is 5.10 Å². The normalized spacial score (nSPS) is 13.2. The van der Waals surface area contributed by atoms with E-state index in [1.165, 1.54) is 5.56 Å². The highest BCUT2D eigenvalue weighted by Gasteiger charge is 2.02. The number of guanidine groups is 1. The molecule has 2 rings (SSSR count). The van der Waals surface area contributed by atoms with E-state index in [4.69, 9.17) is 5.73 Å². The fraction of sp³-hybridized carbons (Fsp3) is 0.333. The molecule has 20 heavy (non-hydrogen) atoms. The summed E-state index contributed by atoms with van der Waals surface area (Å²) in [6.45, 7) is 4.91. The third kappa shape index (κ3) is 3.85. The molecule has 2 aromatic rings. The highest BCUT2D eigenvalue weighted by molar-refractivity contribution is 5.92. The summed E-state index contributed by atoms with van der Waals surface area (Å²) in [6.07, 6.45) is 2.84. The van der Waals surface area contributed by atoms with Crippen molar-refractivity contribution in [2.45, 2.75) is 32.7 Å². The van der Waals surface area contributed by atoms with Gasteiger partial charge in [0, 0.05) is 11.9 Å². The van der Waals surface area contributed by atoms with E-state index in [0.29, 0.717) is 18.4 Å². The minimum Gasteiger partial charge on any atom is -0.370 e. The summed E-state index contributed by atoms with van der Waals surface area (Å²) in [4.78, 5) is 4.25. The Labute approximate surface area is 119 Å². The largest absolute Gasteiger partial charge is 0.370 e. The third-order valence-electron chi connectivity index (χ3n) is 3.34. The van der Waals surface area contributed by atoms with Crippen LogP contribution in [0, 0.1) is 0 Å². The second-order valence-corrected chi connectivity index (χ2v) is 4.84. The van der Waals surface area contributed by atoms with Crippen molar-refractivity contribution < 1.29 is 0 Å². The van der Waals surface area contributed by atoms with Gasteiger partial charge in [0.25, 0.3) is 0 Å². The number of nitrogens with one attached hydrogen (secondary N) is 2. The monoisotopic (exact) mass is 271 g/mol. The summed E-state index contributed by atoms with van der Waals surface area (Å²) in [6, 6.07) is 10.2. The molecule has 0 fully saturated rings. The molecule has 0 radical (unpaired) electrons. The van der Waals surface area contributed by atoms with Gasteiger partial charge in [-0.3, -0.25) is 5.10 Å². The molecule has 1 unspecified atom stereocenters. The second-order valence-electron chi connectivity index (χ2n) is 4.84. The lowest BCUT2D eigenvalue weighted by atomic mass is 9.99. The zero-order valence-corrected chi connectivity index (χ0v) is 11.9. The topological polar surface area (TPSA) is 79.1 Å². The maximum absolute atomic E-state index is 5.85. The summed E-state index contributed by atoms with van der Waals surface area (Å²) in [5.74, 6) is 0.978. The molecule has 1 atom stereocenters. The van der Waals surface area contributed by atoms with Crippen molar-refractivity contribution in [3.8, 4) is 0 Å². The first-order chi connectivity index (χ1) is 9.69. The Kier molecular flexibility index (Phi) is 4.76.